The third kappa shape index (κ3) is 2.64. The molecule has 1 aromatic heterocycles. The van der Waals surface area contributed by atoms with Crippen LogP contribution in [0.2, 0.25) is 5.02 Å². The fraction of sp³-hybridized carbons (Fsp3) is 0.353. The van der Waals surface area contributed by atoms with E-state index < -0.39 is 17.5 Å². The van der Waals surface area contributed by atoms with Crippen LogP contribution >= 0.6 is 11.6 Å². The Bertz CT molecular complexity index is 885. The summed E-state index contributed by atoms with van der Waals surface area (Å²) in [5, 5.41) is 4.89. The number of fused-ring (bicyclic) bond motifs is 1. The predicted octanol–water partition coefficient (Wildman–Crippen LogP) is 2.72. The topological polar surface area (TPSA) is 94.3 Å². The number of nitrogens with zero attached hydrogens (tertiary/aromatic N) is 1. The monoisotopic (exact) mass is 360 g/mol. The summed E-state index contributed by atoms with van der Waals surface area (Å²) in [5.41, 5.74) is 2.54. The maximum atomic E-state index is 12.7. The van der Waals surface area contributed by atoms with Gasteiger partial charge in [-0.25, -0.2) is 4.79 Å². The van der Waals surface area contributed by atoms with Gasteiger partial charge in [0.15, 0.2) is 0 Å². The first-order chi connectivity index (χ1) is 12.0. The number of benzene rings is 1. The lowest BCUT2D eigenvalue weighted by Gasteiger charge is -2.30. The summed E-state index contributed by atoms with van der Waals surface area (Å²) in [5.74, 6) is -0.937. The molecule has 1 spiro atoms. The number of aromatic nitrogens is 1. The van der Waals surface area contributed by atoms with Gasteiger partial charge in [0.05, 0.1) is 0 Å². The molecule has 0 radical (unpaired) electrons. The van der Waals surface area contributed by atoms with Crippen molar-refractivity contribution in [3.8, 4) is 0 Å². The van der Waals surface area contributed by atoms with Crippen LogP contribution in [0.3, 0.4) is 0 Å². The Labute approximate surface area is 148 Å². The number of halogens is 1. The fourth-order valence-corrected chi connectivity index (χ4v) is 3.78. The van der Waals surface area contributed by atoms with Gasteiger partial charge in [-0.05, 0) is 37.1 Å². The minimum Gasteiger partial charge on any atom is -0.350 e. The standard InChI is InChI=1S/C17H17ClN4O3/c18-11-4-5-12-10(8-11)9-13(19-12)14(23)21-22-15(24)17(20-16(22)25)6-2-1-3-7-17/h4-5,8-9,19H,1-3,6-7H2,(H,20,25)(H,21,23). The van der Waals surface area contributed by atoms with Crippen molar-refractivity contribution < 1.29 is 14.4 Å². The molecule has 2 heterocycles. The third-order valence-electron chi connectivity index (χ3n) is 4.91. The lowest BCUT2D eigenvalue weighted by Crippen LogP contribution is -2.51. The molecule has 2 aliphatic rings. The summed E-state index contributed by atoms with van der Waals surface area (Å²) in [6.07, 6.45) is 4.03. The zero-order valence-corrected chi connectivity index (χ0v) is 14.2. The Hall–Kier alpha value is -2.54. The highest BCUT2D eigenvalue weighted by Crippen LogP contribution is 2.33. The molecule has 4 amide bonds. The highest BCUT2D eigenvalue weighted by Gasteiger charge is 2.52. The third-order valence-corrected chi connectivity index (χ3v) is 5.14. The van der Waals surface area contributed by atoms with Crippen LogP contribution in [0.1, 0.15) is 42.6 Å². The molecule has 130 valence electrons. The van der Waals surface area contributed by atoms with Crippen molar-refractivity contribution in [3.63, 3.8) is 0 Å². The van der Waals surface area contributed by atoms with E-state index in [0.29, 0.717) is 17.9 Å². The Morgan fingerprint density at radius 1 is 1.16 bits per heavy atom. The van der Waals surface area contributed by atoms with E-state index in [4.69, 9.17) is 11.6 Å². The van der Waals surface area contributed by atoms with Gasteiger partial charge in [-0.1, -0.05) is 30.9 Å². The number of rotatable bonds is 2. The molecule has 0 atom stereocenters. The summed E-state index contributed by atoms with van der Waals surface area (Å²) in [6.45, 7) is 0. The van der Waals surface area contributed by atoms with Crippen molar-refractivity contribution in [2.24, 2.45) is 0 Å². The van der Waals surface area contributed by atoms with Crippen molar-refractivity contribution >= 4 is 40.3 Å². The van der Waals surface area contributed by atoms with Gasteiger partial charge in [0, 0.05) is 15.9 Å². The molecule has 25 heavy (non-hydrogen) atoms. The first-order valence-electron chi connectivity index (χ1n) is 8.24. The minimum atomic E-state index is -0.864. The highest BCUT2D eigenvalue weighted by molar-refractivity contribution is 6.31. The number of urea groups is 1. The predicted molar refractivity (Wildman–Crippen MR) is 92.0 cm³/mol. The first kappa shape index (κ1) is 16.0. The fourth-order valence-electron chi connectivity index (χ4n) is 3.60. The first-order valence-corrected chi connectivity index (χ1v) is 8.62. The van der Waals surface area contributed by atoms with Gasteiger partial charge in [0.1, 0.15) is 11.2 Å². The second-order valence-electron chi connectivity index (χ2n) is 6.57. The maximum absolute atomic E-state index is 12.7. The Morgan fingerprint density at radius 2 is 1.92 bits per heavy atom. The van der Waals surface area contributed by atoms with E-state index in [-0.39, 0.29) is 11.6 Å². The molecular formula is C17H17ClN4O3. The van der Waals surface area contributed by atoms with Crippen molar-refractivity contribution in [2.45, 2.75) is 37.6 Å². The summed E-state index contributed by atoms with van der Waals surface area (Å²) in [7, 11) is 0. The highest BCUT2D eigenvalue weighted by atomic mass is 35.5. The molecule has 1 aromatic carbocycles. The van der Waals surface area contributed by atoms with Gasteiger partial charge in [-0.3, -0.25) is 15.0 Å². The van der Waals surface area contributed by atoms with Crippen LogP contribution in [0.15, 0.2) is 24.3 Å². The normalized spacial score (nSPS) is 19.5. The summed E-state index contributed by atoms with van der Waals surface area (Å²) >= 11 is 5.95. The van der Waals surface area contributed by atoms with Gasteiger partial charge in [-0.2, -0.15) is 5.01 Å². The largest absolute Gasteiger partial charge is 0.350 e. The number of hydrogen-bond donors (Lipinski definition) is 3. The molecule has 8 heteroatoms. The smallest absolute Gasteiger partial charge is 0.344 e. The van der Waals surface area contributed by atoms with E-state index in [2.05, 4.69) is 15.7 Å². The molecule has 1 saturated carbocycles. The summed E-state index contributed by atoms with van der Waals surface area (Å²) in [4.78, 5) is 40.3. The van der Waals surface area contributed by atoms with Gasteiger partial charge in [0.25, 0.3) is 11.8 Å². The van der Waals surface area contributed by atoms with Crippen LogP contribution in [-0.2, 0) is 4.79 Å². The molecule has 1 aliphatic carbocycles. The average Bonchev–Trinajstić information content (AvgIpc) is 3.10. The number of hydrogen-bond acceptors (Lipinski definition) is 3. The van der Waals surface area contributed by atoms with Crippen LogP contribution in [-0.4, -0.2) is 33.4 Å². The average molecular weight is 361 g/mol. The second kappa shape index (κ2) is 5.77. The number of amides is 4. The quantitative estimate of drug-likeness (QED) is 0.719. The Morgan fingerprint density at radius 3 is 2.68 bits per heavy atom. The second-order valence-corrected chi connectivity index (χ2v) is 7.01. The lowest BCUT2D eigenvalue weighted by atomic mass is 9.82. The molecule has 2 aromatic rings. The van der Waals surface area contributed by atoms with Crippen LogP contribution < -0.4 is 10.7 Å². The number of nitrogens with one attached hydrogen (secondary N) is 3. The molecule has 7 nitrogen and oxygen atoms in total. The van der Waals surface area contributed by atoms with E-state index in [1.54, 1.807) is 24.3 Å². The number of imide groups is 1. The molecule has 3 N–H and O–H groups in total. The van der Waals surface area contributed by atoms with Crippen molar-refractivity contribution in [1.29, 1.82) is 0 Å². The maximum Gasteiger partial charge on any atom is 0.344 e. The summed E-state index contributed by atoms with van der Waals surface area (Å²) < 4.78 is 0. The number of carbonyl (C=O) groups excluding carboxylic acids is 3. The zero-order chi connectivity index (χ0) is 17.6. The van der Waals surface area contributed by atoms with E-state index in [9.17, 15) is 14.4 Å². The number of aromatic amines is 1. The minimum absolute atomic E-state index is 0.252. The van der Waals surface area contributed by atoms with E-state index in [1.807, 2.05) is 0 Å². The SMILES string of the molecule is O=C(NN1C(=O)NC2(CCCCC2)C1=O)c1cc2cc(Cl)ccc2[nH]1. The van der Waals surface area contributed by atoms with Crippen molar-refractivity contribution in [1.82, 2.24) is 20.7 Å². The van der Waals surface area contributed by atoms with Crippen molar-refractivity contribution in [3.05, 3.63) is 35.0 Å². The lowest BCUT2D eigenvalue weighted by molar-refractivity contribution is -0.134. The van der Waals surface area contributed by atoms with Gasteiger partial charge in [0.2, 0.25) is 0 Å². The molecule has 1 aliphatic heterocycles. The van der Waals surface area contributed by atoms with E-state index in [1.165, 1.54) is 0 Å². The number of H-pyrrole nitrogens is 1. The van der Waals surface area contributed by atoms with Crippen LogP contribution in [0.4, 0.5) is 4.79 Å². The Kier molecular flexibility index (Phi) is 3.68. The molecule has 0 unspecified atom stereocenters. The van der Waals surface area contributed by atoms with E-state index in [0.717, 1.165) is 35.2 Å². The van der Waals surface area contributed by atoms with Crippen LogP contribution in [0.25, 0.3) is 10.9 Å². The molecule has 1 saturated heterocycles. The van der Waals surface area contributed by atoms with Gasteiger partial charge < -0.3 is 10.3 Å². The number of hydrazine groups is 1. The number of carbonyl (C=O) groups is 3. The molecular weight excluding hydrogens is 344 g/mol. The molecule has 2 fully saturated rings. The van der Waals surface area contributed by atoms with Crippen LogP contribution in [0.5, 0.6) is 0 Å². The van der Waals surface area contributed by atoms with Crippen molar-refractivity contribution in [2.75, 3.05) is 0 Å². The Balaban J connectivity index is 1.55. The molecule has 4 rings (SSSR count). The summed E-state index contributed by atoms with van der Waals surface area (Å²) in [6, 6.07) is 6.26. The van der Waals surface area contributed by atoms with Gasteiger partial charge >= 0.3 is 6.03 Å². The molecule has 0 bridgehead atoms. The van der Waals surface area contributed by atoms with E-state index >= 15 is 0 Å². The van der Waals surface area contributed by atoms with Crippen LogP contribution in [0, 0.1) is 0 Å². The van der Waals surface area contributed by atoms with Gasteiger partial charge in [-0.15, -0.1) is 0 Å². The zero-order valence-electron chi connectivity index (χ0n) is 13.4.